The maximum Gasteiger partial charge on any atom is 0.339 e. The number of halogens is 1. The van der Waals surface area contributed by atoms with Crippen molar-refractivity contribution >= 4 is 29.3 Å². The molecule has 0 aliphatic rings. The Morgan fingerprint density at radius 2 is 1.89 bits per heavy atom. The second-order valence-electron chi connectivity index (χ2n) is 6.20. The molecule has 1 aromatic heterocycles. The van der Waals surface area contributed by atoms with Crippen LogP contribution in [0.4, 0.5) is 0 Å². The molecule has 1 N–H and O–H groups in total. The number of hydrogen-bond donors (Lipinski definition) is 1. The number of aromatic amines is 1. The summed E-state index contributed by atoms with van der Waals surface area (Å²) in [7, 11) is 1.27. The quantitative estimate of drug-likeness (QED) is 0.579. The topological polar surface area (TPSA) is 79.5 Å². The van der Waals surface area contributed by atoms with Crippen LogP contribution in [0, 0.1) is 6.92 Å². The Balaban J connectivity index is 2.30. The molecule has 2 rings (SSSR count). The smallest absolute Gasteiger partial charge is 0.339 e. The predicted molar refractivity (Wildman–Crippen MR) is 103 cm³/mol. The van der Waals surface area contributed by atoms with Crippen LogP contribution in [-0.2, 0) is 22.5 Å². The fourth-order valence-corrected chi connectivity index (χ4v) is 3.19. The van der Waals surface area contributed by atoms with E-state index in [2.05, 4.69) is 4.98 Å². The van der Waals surface area contributed by atoms with Crippen molar-refractivity contribution in [3.63, 3.8) is 0 Å². The Morgan fingerprint density at radius 1 is 1.22 bits per heavy atom. The SMILES string of the molecule is CCN(Cc1ccccc1Cl)C(=O)Cc1[nH]c(C(C)=O)c(C)c1C(=O)OC. The summed E-state index contributed by atoms with van der Waals surface area (Å²) in [4.78, 5) is 41.4. The number of nitrogens with one attached hydrogen (secondary N) is 1. The zero-order valence-corrected chi connectivity index (χ0v) is 16.6. The van der Waals surface area contributed by atoms with Crippen molar-refractivity contribution in [3.8, 4) is 0 Å². The van der Waals surface area contributed by atoms with Crippen LogP contribution in [0.1, 0.15) is 51.5 Å². The van der Waals surface area contributed by atoms with Crippen LogP contribution in [0.5, 0.6) is 0 Å². The summed E-state index contributed by atoms with van der Waals surface area (Å²) < 4.78 is 4.82. The van der Waals surface area contributed by atoms with Gasteiger partial charge in [-0.2, -0.15) is 0 Å². The number of esters is 1. The van der Waals surface area contributed by atoms with Crippen molar-refractivity contribution in [1.82, 2.24) is 9.88 Å². The number of rotatable bonds is 7. The van der Waals surface area contributed by atoms with Crippen molar-refractivity contribution in [3.05, 3.63) is 57.4 Å². The molecule has 144 valence electrons. The average molecular weight is 391 g/mol. The minimum absolute atomic E-state index is 0.0448. The van der Waals surface area contributed by atoms with Gasteiger partial charge in [0.2, 0.25) is 5.91 Å². The number of Topliss-reactive ketones (excluding diaryl/α,β-unsaturated/α-hetero) is 1. The van der Waals surface area contributed by atoms with Gasteiger partial charge in [0.25, 0.3) is 0 Å². The van der Waals surface area contributed by atoms with Crippen molar-refractivity contribution in [2.75, 3.05) is 13.7 Å². The third kappa shape index (κ3) is 4.57. The van der Waals surface area contributed by atoms with E-state index in [1.54, 1.807) is 17.9 Å². The number of ether oxygens (including phenoxy) is 1. The van der Waals surface area contributed by atoms with Gasteiger partial charge in [0.1, 0.15) is 0 Å². The number of ketones is 1. The Labute approximate surface area is 163 Å². The highest BCUT2D eigenvalue weighted by atomic mass is 35.5. The van der Waals surface area contributed by atoms with Crippen molar-refractivity contribution < 1.29 is 19.1 Å². The van der Waals surface area contributed by atoms with E-state index in [1.807, 2.05) is 25.1 Å². The molecule has 0 unspecified atom stereocenters. The highest BCUT2D eigenvalue weighted by molar-refractivity contribution is 6.31. The van der Waals surface area contributed by atoms with Crippen molar-refractivity contribution in [2.24, 2.45) is 0 Å². The lowest BCUT2D eigenvalue weighted by Gasteiger charge is -2.21. The summed E-state index contributed by atoms with van der Waals surface area (Å²) in [5.41, 5.74) is 2.27. The fourth-order valence-electron chi connectivity index (χ4n) is 2.99. The first-order valence-corrected chi connectivity index (χ1v) is 8.99. The summed E-state index contributed by atoms with van der Waals surface area (Å²) in [6.07, 6.45) is -0.0448. The third-order valence-electron chi connectivity index (χ3n) is 4.45. The molecule has 2 aromatic rings. The lowest BCUT2D eigenvalue weighted by atomic mass is 10.1. The molecule has 1 amide bonds. The zero-order valence-electron chi connectivity index (χ0n) is 15.9. The Bertz CT molecular complexity index is 873. The van der Waals surface area contributed by atoms with Gasteiger partial charge < -0.3 is 14.6 Å². The molecule has 0 atom stereocenters. The van der Waals surface area contributed by atoms with E-state index in [0.29, 0.717) is 35.1 Å². The second-order valence-corrected chi connectivity index (χ2v) is 6.61. The number of methoxy groups -OCH3 is 1. The summed E-state index contributed by atoms with van der Waals surface area (Å²) >= 11 is 6.19. The highest BCUT2D eigenvalue weighted by Crippen LogP contribution is 2.22. The van der Waals surface area contributed by atoms with Crippen LogP contribution < -0.4 is 0 Å². The molecular formula is C20H23ClN2O4. The summed E-state index contributed by atoms with van der Waals surface area (Å²) in [5.74, 6) is -0.966. The molecule has 6 nitrogen and oxygen atoms in total. The van der Waals surface area contributed by atoms with Crippen LogP contribution in [-0.4, -0.2) is 41.2 Å². The Morgan fingerprint density at radius 3 is 2.44 bits per heavy atom. The van der Waals surface area contributed by atoms with Gasteiger partial charge in [0.05, 0.1) is 24.8 Å². The molecule has 0 saturated carbocycles. The molecule has 1 aromatic carbocycles. The number of amides is 1. The predicted octanol–water partition coefficient (Wildman–Crippen LogP) is 3.56. The molecule has 0 bridgehead atoms. The van der Waals surface area contributed by atoms with Gasteiger partial charge in [-0.05, 0) is 31.0 Å². The fraction of sp³-hybridized carbons (Fsp3) is 0.350. The van der Waals surface area contributed by atoms with Crippen LogP contribution >= 0.6 is 11.6 Å². The number of aromatic nitrogens is 1. The Hall–Kier alpha value is -2.60. The van der Waals surface area contributed by atoms with Crippen LogP contribution in [0.2, 0.25) is 5.02 Å². The highest BCUT2D eigenvalue weighted by Gasteiger charge is 2.25. The monoisotopic (exact) mass is 390 g/mol. The zero-order chi connectivity index (χ0) is 20.1. The lowest BCUT2D eigenvalue weighted by Crippen LogP contribution is -2.32. The molecule has 0 aliphatic carbocycles. The van der Waals surface area contributed by atoms with Gasteiger partial charge >= 0.3 is 5.97 Å². The van der Waals surface area contributed by atoms with E-state index < -0.39 is 5.97 Å². The third-order valence-corrected chi connectivity index (χ3v) is 4.82. The first-order valence-electron chi connectivity index (χ1n) is 8.61. The van der Waals surface area contributed by atoms with Gasteiger partial charge in [-0.3, -0.25) is 9.59 Å². The first kappa shape index (κ1) is 20.7. The van der Waals surface area contributed by atoms with E-state index in [1.165, 1.54) is 14.0 Å². The molecular weight excluding hydrogens is 368 g/mol. The minimum Gasteiger partial charge on any atom is -0.465 e. The van der Waals surface area contributed by atoms with Gasteiger partial charge in [-0.15, -0.1) is 0 Å². The molecule has 0 aliphatic heterocycles. The average Bonchev–Trinajstić information content (AvgIpc) is 2.96. The Kier molecular flexibility index (Phi) is 6.80. The number of carbonyl (C=O) groups is 3. The summed E-state index contributed by atoms with van der Waals surface area (Å²) in [6, 6.07) is 7.34. The number of carbonyl (C=O) groups excluding carboxylic acids is 3. The van der Waals surface area contributed by atoms with E-state index >= 15 is 0 Å². The van der Waals surface area contributed by atoms with Gasteiger partial charge in [0, 0.05) is 30.7 Å². The van der Waals surface area contributed by atoms with Crippen LogP contribution in [0.3, 0.4) is 0 Å². The van der Waals surface area contributed by atoms with E-state index in [9.17, 15) is 14.4 Å². The molecule has 0 saturated heterocycles. The number of nitrogens with zero attached hydrogens (tertiary/aromatic N) is 1. The van der Waals surface area contributed by atoms with Crippen LogP contribution in [0.15, 0.2) is 24.3 Å². The largest absolute Gasteiger partial charge is 0.465 e. The minimum atomic E-state index is -0.576. The van der Waals surface area contributed by atoms with E-state index in [0.717, 1.165) is 5.56 Å². The second kappa shape index (κ2) is 8.86. The van der Waals surface area contributed by atoms with Crippen molar-refractivity contribution in [1.29, 1.82) is 0 Å². The first-order chi connectivity index (χ1) is 12.8. The van der Waals surface area contributed by atoms with Gasteiger partial charge in [0.15, 0.2) is 5.78 Å². The molecule has 0 spiro atoms. The van der Waals surface area contributed by atoms with E-state index in [4.69, 9.17) is 16.3 Å². The molecule has 0 radical (unpaired) electrons. The number of benzene rings is 1. The molecule has 27 heavy (non-hydrogen) atoms. The molecule has 1 heterocycles. The van der Waals surface area contributed by atoms with Gasteiger partial charge in [-0.25, -0.2) is 4.79 Å². The molecule has 7 heteroatoms. The molecule has 0 fully saturated rings. The number of likely N-dealkylation sites (N-methyl/N-ethyl adjacent to an activating group) is 1. The normalized spacial score (nSPS) is 10.6. The van der Waals surface area contributed by atoms with Crippen molar-refractivity contribution in [2.45, 2.75) is 33.7 Å². The maximum atomic E-state index is 12.8. The number of H-pyrrole nitrogens is 1. The maximum absolute atomic E-state index is 12.8. The van der Waals surface area contributed by atoms with Gasteiger partial charge in [-0.1, -0.05) is 29.8 Å². The standard InChI is InChI=1S/C20H23ClN2O4/c1-5-23(11-14-8-6-7-9-15(14)21)17(25)10-16-18(20(26)27-4)12(2)19(22-16)13(3)24/h6-9,22H,5,10-11H2,1-4H3. The summed E-state index contributed by atoms with van der Waals surface area (Å²) in [5, 5.41) is 0.591. The lowest BCUT2D eigenvalue weighted by molar-refractivity contribution is -0.130. The number of hydrogen-bond acceptors (Lipinski definition) is 4. The van der Waals surface area contributed by atoms with Crippen LogP contribution in [0.25, 0.3) is 0 Å². The summed E-state index contributed by atoms with van der Waals surface area (Å²) in [6.45, 7) is 5.78. The van der Waals surface area contributed by atoms with E-state index in [-0.39, 0.29) is 23.7 Å².